The lowest BCUT2D eigenvalue weighted by atomic mass is 10.2. The SMILES string of the molecule is CN(C)S(=O)(=O)c1ccccc1NC(=O)Cc1sc(-c2ccccc2)nc1-c1cccs1. The van der Waals surface area contributed by atoms with Crippen LogP contribution in [0, 0.1) is 0 Å². The van der Waals surface area contributed by atoms with Gasteiger partial charge in [-0.05, 0) is 23.6 Å². The molecule has 0 saturated carbocycles. The van der Waals surface area contributed by atoms with E-state index >= 15 is 0 Å². The van der Waals surface area contributed by atoms with Crippen molar-refractivity contribution in [2.24, 2.45) is 0 Å². The molecule has 0 fully saturated rings. The zero-order chi connectivity index (χ0) is 22.7. The Hall–Kier alpha value is -2.85. The molecule has 1 amide bonds. The molecule has 0 spiro atoms. The molecule has 2 aromatic heterocycles. The molecule has 9 heteroatoms. The maximum atomic E-state index is 13.0. The van der Waals surface area contributed by atoms with Gasteiger partial charge in [0.05, 0.1) is 22.7 Å². The molecule has 0 aliphatic carbocycles. The molecule has 6 nitrogen and oxygen atoms in total. The van der Waals surface area contributed by atoms with Crippen molar-refractivity contribution in [3.8, 4) is 21.1 Å². The summed E-state index contributed by atoms with van der Waals surface area (Å²) in [6.45, 7) is 0. The number of anilines is 1. The number of para-hydroxylation sites is 1. The van der Waals surface area contributed by atoms with E-state index in [1.54, 1.807) is 29.5 Å². The molecule has 1 N–H and O–H groups in total. The number of carbonyl (C=O) groups is 1. The Morgan fingerprint density at radius 2 is 1.72 bits per heavy atom. The number of thiazole rings is 1. The van der Waals surface area contributed by atoms with Gasteiger partial charge in [0.2, 0.25) is 15.9 Å². The van der Waals surface area contributed by atoms with E-state index in [1.165, 1.54) is 31.5 Å². The number of rotatable bonds is 7. The third kappa shape index (κ3) is 4.66. The zero-order valence-electron chi connectivity index (χ0n) is 17.5. The number of carbonyl (C=O) groups excluding carboxylic acids is 1. The number of amides is 1. The number of thiophene rings is 1. The lowest BCUT2D eigenvalue weighted by Gasteiger charge is -2.15. The lowest BCUT2D eigenvalue weighted by Crippen LogP contribution is -2.24. The monoisotopic (exact) mass is 483 g/mol. The minimum atomic E-state index is -3.69. The van der Waals surface area contributed by atoms with Crippen LogP contribution in [0.15, 0.2) is 77.0 Å². The highest BCUT2D eigenvalue weighted by molar-refractivity contribution is 7.89. The summed E-state index contributed by atoms with van der Waals surface area (Å²) in [4.78, 5) is 19.6. The van der Waals surface area contributed by atoms with Gasteiger partial charge >= 0.3 is 0 Å². The third-order valence-corrected chi connectivity index (χ3v) is 8.57. The first kappa shape index (κ1) is 22.3. The lowest BCUT2D eigenvalue weighted by molar-refractivity contribution is -0.115. The van der Waals surface area contributed by atoms with Crippen LogP contribution in [-0.2, 0) is 21.2 Å². The Kier molecular flexibility index (Phi) is 6.52. The molecule has 164 valence electrons. The number of aromatic nitrogens is 1. The van der Waals surface area contributed by atoms with Gasteiger partial charge in [-0.1, -0.05) is 48.5 Å². The smallest absolute Gasteiger partial charge is 0.244 e. The van der Waals surface area contributed by atoms with Crippen LogP contribution in [0.2, 0.25) is 0 Å². The molecule has 0 unspecified atom stereocenters. The van der Waals surface area contributed by atoms with E-state index < -0.39 is 10.0 Å². The molecule has 2 aromatic carbocycles. The van der Waals surface area contributed by atoms with E-state index in [0.717, 1.165) is 30.3 Å². The minimum Gasteiger partial charge on any atom is -0.325 e. The van der Waals surface area contributed by atoms with Crippen molar-refractivity contribution in [3.63, 3.8) is 0 Å². The van der Waals surface area contributed by atoms with Crippen LogP contribution in [0.1, 0.15) is 4.88 Å². The molecule has 0 aliphatic rings. The molecule has 4 rings (SSSR count). The third-order valence-electron chi connectivity index (χ3n) is 4.71. The second-order valence-electron chi connectivity index (χ2n) is 7.14. The minimum absolute atomic E-state index is 0.0612. The van der Waals surface area contributed by atoms with Crippen LogP contribution in [-0.4, -0.2) is 37.7 Å². The fraction of sp³-hybridized carbons (Fsp3) is 0.130. The predicted octanol–water partition coefficient (Wildman–Crippen LogP) is 4.97. The molecular weight excluding hydrogens is 462 g/mol. The van der Waals surface area contributed by atoms with Crippen molar-refractivity contribution < 1.29 is 13.2 Å². The first-order valence-electron chi connectivity index (χ1n) is 9.76. The zero-order valence-corrected chi connectivity index (χ0v) is 19.9. The van der Waals surface area contributed by atoms with Crippen molar-refractivity contribution in [1.82, 2.24) is 9.29 Å². The maximum Gasteiger partial charge on any atom is 0.244 e. The van der Waals surface area contributed by atoms with Gasteiger partial charge in [-0.15, -0.1) is 22.7 Å². The number of nitrogens with zero attached hydrogens (tertiary/aromatic N) is 2. The molecule has 0 bridgehead atoms. The van der Waals surface area contributed by atoms with Crippen molar-refractivity contribution in [1.29, 1.82) is 0 Å². The maximum absolute atomic E-state index is 13.0. The summed E-state index contributed by atoms with van der Waals surface area (Å²) in [6.07, 6.45) is 0.0913. The highest BCUT2D eigenvalue weighted by Crippen LogP contribution is 2.36. The van der Waals surface area contributed by atoms with Crippen molar-refractivity contribution in [3.05, 3.63) is 77.0 Å². The summed E-state index contributed by atoms with van der Waals surface area (Å²) < 4.78 is 26.4. The summed E-state index contributed by atoms with van der Waals surface area (Å²) in [6, 6.07) is 20.2. The summed E-state index contributed by atoms with van der Waals surface area (Å²) in [5, 5.41) is 5.59. The second kappa shape index (κ2) is 9.33. The largest absolute Gasteiger partial charge is 0.325 e. The Labute approximate surface area is 195 Å². The van der Waals surface area contributed by atoms with Crippen LogP contribution in [0.3, 0.4) is 0 Å². The topological polar surface area (TPSA) is 79.4 Å². The molecule has 0 saturated heterocycles. The Bertz CT molecular complexity index is 1330. The highest BCUT2D eigenvalue weighted by Gasteiger charge is 2.23. The average Bonchev–Trinajstić information content (AvgIpc) is 3.44. The molecule has 32 heavy (non-hydrogen) atoms. The summed E-state index contributed by atoms with van der Waals surface area (Å²) in [5.74, 6) is -0.299. The highest BCUT2D eigenvalue weighted by atomic mass is 32.2. The van der Waals surface area contributed by atoms with Gasteiger partial charge < -0.3 is 5.32 Å². The molecule has 4 aromatic rings. The number of sulfonamides is 1. The van der Waals surface area contributed by atoms with Crippen LogP contribution in [0.4, 0.5) is 5.69 Å². The van der Waals surface area contributed by atoms with Crippen LogP contribution < -0.4 is 5.32 Å². The van der Waals surface area contributed by atoms with Gasteiger partial charge in [0.15, 0.2) is 0 Å². The van der Waals surface area contributed by atoms with Gasteiger partial charge in [0, 0.05) is 24.5 Å². The van der Waals surface area contributed by atoms with Crippen molar-refractivity contribution in [2.75, 3.05) is 19.4 Å². The van der Waals surface area contributed by atoms with Gasteiger partial charge in [-0.2, -0.15) is 0 Å². The van der Waals surface area contributed by atoms with Gasteiger partial charge in [-0.3, -0.25) is 4.79 Å². The van der Waals surface area contributed by atoms with E-state index in [9.17, 15) is 13.2 Å². The van der Waals surface area contributed by atoms with Crippen LogP contribution in [0.5, 0.6) is 0 Å². The molecule has 0 radical (unpaired) electrons. The Morgan fingerprint density at radius 1 is 1.00 bits per heavy atom. The molecule has 2 heterocycles. The van der Waals surface area contributed by atoms with Gasteiger partial charge in [-0.25, -0.2) is 17.7 Å². The molecule has 0 atom stereocenters. The summed E-state index contributed by atoms with van der Waals surface area (Å²) in [7, 11) is -0.767. The fourth-order valence-electron chi connectivity index (χ4n) is 3.11. The number of hydrogen-bond acceptors (Lipinski definition) is 6. The normalized spacial score (nSPS) is 11.6. The van der Waals surface area contributed by atoms with E-state index in [4.69, 9.17) is 4.98 Å². The van der Waals surface area contributed by atoms with Crippen LogP contribution in [0.25, 0.3) is 21.1 Å². The van der Waals surface area contributed by atoms with Crippen molar-refractivity contribution in [2.45, 2.75) is 11.3 Å². The first-order chi connectivity index (χ1) is 15.4. The predicted molar refractivity (Wildman–Crippen MR) is 131 cm³/mol. The first-order valence-corrected chi connectivity index (χ1v) is 12.9. The van der Waals surface area contributed by atoms with Gasteiger partial charge in [0.25, 0.3) is 0 Å². The van der Waals surface area contributed by atoms with E-state index in [2.05, 4.69) is 5.32 Å². The average molecular weight is 484 g/mol. The van der Waals surface area contributed by atoms with Crippen LogP contribution >= 0.6 is 22.7 Å². The quantitative estimate of drug-likeness (QED) is 0.403. The summed E-state index contributed by atoms with van der Waals surface area (Å²) in [5.41, 5.74) is 2.04. The number of nitrogens with one attached hydrogen (secondary N) is 1. The number of hydrogen-bond donors (Lipinski definition) is 1. The van der Waals surface area contributed by atoms with Gasteiger partial charge in [0.1, 0.15) is 9.90 Å². The summed E-state index contributed by atoms with van der Waals surface area (Å²) >= 11 is 3.04. The Balaban J connectivity index is 1.64. The van der Waals surface area contributed by atoms with E-state index in [1.807, 2.05) is 47.8 Å². The molecular formula is C23H21N3O3S3. The van der Waals surface area contributed by atoms with E-state index in [0.29, 0.717) is 0 Å². The number of benzene rings is 2. The molecule has 0 aliphatic heterocycles. The fourth-order valence-corrected chi connectivity index (χ4v) is 6.04. The standard InChI is InChI=1S/C23H21N3O3S3/c1-26(2)32(28,29)20-13-7-6-11-17(20)24-21(27)15-19-22(18-12-8-14-30-18)25-23(31-19)16-9-4-3-5-10-16/h3-14H,15H2,1-2H3,(H,24,27). The van der Waals surface area contributed by atoms with E-state index in [-0.39, 0.29) is 22.9 Å². The Morgan fingerprint density at radius 3 is 2.41 bits per heavy atom. The van der Waals surface area contributed by atoms with Crippen molar-refractivity contribution >= 4 is 44.3 Å². The second-order valence-corrected chi connectivity index (χ2v) is 11.3.